The van der Waals surface area contributed by atoms with Gasteiger partial charge < -0.3 is 14.2 Å². The zero-order valence-corrected chi connectivity index (χ0v) is 19.5. The first-order valence-corrected chi connectivity index (χ1v) is 11.0. The number of rotatable bonds is 6. The number of halogens is 2. The predicted molar refractivity (Wildman–Crippen MR) is 129 cm³/mol. The van der Waals surface area contributed by atoms with Crippen molar-refractivity contribution in [2.75, 3.05) is 6.61 Å². The Labute approximate surface area is 202 Å². The van der Waals surface area contributed by atoms with Crippen molar-refractivity contribution in [2.24, 2.45) is 4.99 Å². The predicted octanol–water partition coefficient (Wildman–Crippen LogP) is 5.39. The van der Waals surface area contributed by atoms with Crippen LogP contribution in [0, 0.1) is 9.39 Å². The van der Waals surface area contributed by atoms with Gasteiger partial charge in [-0.1, -0.05) is 18.2 Å². The summed E-state index contributed by atoms with van der Waals surface area (Å²) in [5.41, 5.74) is 1.60. The normalized spacial score (nSPS) is 14.1. The molecule has 166 valence electrons. The van der Waals surface area contributed by atoms with E-state index in [1.54, 1.807) is 42.5 Å². The first kappa shape index (κ1) is 22.7. The highest BCUT2D eigenvalue weighted by Crippen LogP contribution is 2.36. The van der Waals surface area contributed by atoms with Crippen molar-refractivity contribution in [3.05, 3.63) is 98.5 Å². The van der Waals surface area contributed by atoms with Crippen molar-refractivity contribution >= 4 is 46.5 Å². The fraction of sp³-hybridized carbons (Fsp3) is 0.0800. The van der Waals surface area contributed by atoms with Crippen LogP contribution < -0.4 is 9.47 Å². The molecule has 1 aliphatic heterocycles. The highest BCUT2D eigenvalue weighted by molar-refractivity contribution is 14.1. The summed E-state index contributed by atoms with van der Waals surface area (Å²) in [4.78, 5) is 29.1. The van der Waals surface area contributed by atoms with Crippen LogP contribution in [0.5, 0.6) is 11.5 Å². The molecule has 0 saturated carbocycles. The third-order valence-corrected chi connectivity index (χ3v) is 5.35. The van der Waals surface area contributed by atoms with Gasteiger partial charge in [-0.05, 0) is 89.7 Å². The van der Waals surface area contributed by atoms with Crippen molar-refractivity contribution in [1.82, 2.24) is 0 Å². The lowest BCUT2D eigenvalue weighted by Crippen LogP contribution is -2.10. The number of nitrogens with zero attached hydrogens (tertiary/aromatic N) is 1. The summed E-state index contributed by atoms with van der Waals surface area (Å²) in [5.74, 6) is -0.784. The summed E-state index contributed by atoms with van der Waals surface area (Å²) < 4.78 is 30.3. The molecule has 0 fully saturated rings. The van der Waals surface area contributed by atoms with E-state index in [0.717, 1.165) is 0 Å². The minimum atomic E-state index is -0.623. The van der Waals surface area contributed by atoms with Gasteiger partial charge in [0.15, 0.2) is 17.2 Å². The molecular weight excluding hydrogens is 540 g/mol. The Balaban J connectivity index is 1.64. The van der Waals surface area contributed by atoms with E-state index in [2.05, 4.69) is 4.99 Å². The summed E-state index contributed by atoms with van der Waals surface area (Å²) in [6.45, 7) is 2.16. The van der Waals surface area contributed by atoms with Crippen molar-refractivity contribution in [3.8, 4) is 11.5 Å². The van der Waals surface area contributed by atoms with Crippen LogP contribution in [0.4, 0.5) is 4.39 Å². The summed E-state index contributed by atoms with van der Waals surface area (Å²) in [7, 11) is 0. The molecule has 0 aromatic heterocycles. The number of carbonyl (C=O) groups is 2. The Hall–Kier alpha value is -3.53. The second kappa shape index (κ2) is 9.95. The van der Waals surface area contributed by atoms with Crippen LogP contribution >= 0.6 is 22.6 Å². The molecule has 0 bridgehead atoms. The van der Waals surface area contributed by atoms with Gasteiger partial charge in [-0.2, -0.15) is 0 Å². The summed E-state index contributed by atoms with van der Waals surface area (Å²) in [6, 6.07) is 17.5. The fourth-order valence-corrected chi connectivity index (χ4v) is 3.78. The first-order chi connectivity index (χ1) is 15.9. The lowest BCUT2D eigenvalue weighted by Gasteiger charge is -2.13. The number of hydrogen-bond donors (Lipinski definition) is 0. The van der Waals surface area contributed by atoms with E-state index in [1.165, 1.54) is 24.3 Å². The van der Waals surface area contributed by atoms with E-state index < -0.39 is 17.8 Å². The molecule has 1 heterocycles. The van der Waals surface area contributed by atoms with E-state index >= 15 is 0 Å². The molecule has 1 aliphatic rings. The van der Waals surface area contributed by atoms with Gasteiger partial charge in [0.05, 0.1) is 15.7 Å². The van der Waals surface area contributed by atoms with Crippen LogP contribution in [-0.4, -0.2) is 24.4 Å². The zero-order chi connectivity index (χ0) is 23.4. The third kappa shape index (κ3) is 5.28. The molecule has 6 nitrogen and oxygen atoms in total. The Morgan fingerprint density at radius 1 is 1.12 bits per heavy atom. The number of benzene rings is 3. The molecule has 0 saturated heterocycles. The van der Waals surface area contributed by atoms with Gasteiger partial charge in [-0.25, -0.2) is 19.0 Å². The van der Waals surface area contributed by atoms with E-state index in [1.807, 2.05) is 35.6 Å². The zero-order valence-electron chi connectivity index (χ0n) is 17.4. The molecule has 33 heavy (non-hydrogen) atoms. The van der Waals surface area contributed by atoms with Crippen LogP contribution in [0.1, 0.15) is 28.4 Å². The Kier molecular flexibility index (Phi) is 6.83. The Bertz CT molecular complexity index is 1270. The highest BCUT2D eigenvalue weighted by Gasteiger charge is 2.25. The number of esters is 2. The molecule has 0 unspecified atom stereocenters. The highest BCUT2D eigenvalue weighted by atomic mass is 127. The second-order valence-electron chi connectivity index (χ2n) is 6.86. The Morgan fingerprint density at radius 2 is 1.85 bits per heavy atom. The number of carbonyl (C=O) groups excluding carboxylic acids is 2. The van der Waals surface area contributed by atoms with E-state index in [9.17, 15) is 14.0 Å². The number of aliphatic imine (C=N–C) groups is 1. The molecule has 0 spiro atoms. The van der Waals surface area contributed by atoms with Gasteiger partial charge >= 0.3 is 11.9 Å². The maximum absolute atomic E-state index is 13.2. The molecule has 3 aromatic carbocycles. The van der Waals surface area contributed by atoms with Gasteiger partial charge in [0, 0.05) is 5.56 Å². The van der Waals surface area contributed by atoms with Crippen LogP contribution in [-0.2, 0) is 9.53 Å². The van der Waals surface area contributed by atoms with Crippen molar-refractivity contribution in [3.63, 3.8) is 0 Å². The average Bonchev–Trinajstić information content (AvgIpc) is 3.17. The van der Waals surface area contributed by atoms with Gasteiger partial charge in [-0.15, -0.1) is 0 Å². The van der Waals surface area contributed by atoms with Crippen LogP contribution in [0.3, 0.4) is 0 Å². The summed E-state index contributed by atoms with van der Waals surface area (Å²) in [5, 5.41) is 0. The maximum atomic E-state index is 13.2. The number of hydrogen-bond acceptors (Lipinski definition) is 6. The van der Waals surface area contributed by atoms with E-state index in [0.29, 0.717) is 32.6 Å². The number of ether oxygens (including phenoxy) is 3. The van der Waals surface area contributed by atoms with Gasteiger partial charge in [0.25, 0.3) is 0 Å². The minimum absolute atomic E-state index is 0.0848. The van der Waals surface area contributed by atoms with Crippen LogP contribution in [0.2, 0.25) is 0 Å². The summed E-state index contributed by atoms with van der Waals surface area (Å²) in [6.07, 6.45) is 1.55. The maximum Gasteiger partial charge on any atom is 0.363 e. The largest absolute Gasteiger partial charge is 0.490 e. The topological polar surface area (TPSA) is 74.2 Å². The molecule has 0 aliphatic carbocycles. The standard InChI is InChI=1S/C25H17FINO5/c1-2-31-21-14-15(12-19(27)22(21)32-24(29)17-6-4-3-5-7-17)13-20-25(30)33-23(28-20)16-8-10-18(26)11-9-16/h3-14H,2H2,1H3/b20-13-. The lowest BCUT2D eigenvalue weighted by molar-refractivity contribution is -0.129. The number of cyclic esters (lactones) is 1. The quantitative estimate of drug-likeness (QED) is 0.176. The van der Waals surface area contributed by atoms with Gasteiger partial charge in [0.1, 0.15) is 5.82 Å². The fourth-order valence-electron chi connectivity index (χ4n) is 3.04. The smallest absolute Gasteiger partial charge is 0.363 e. The molecule has 3 aromatic rings. The molecule has 0 radical (unpaired) electrons. The molecular formula is C25H17FINO5. The van der Waals surface area contributed by atoms with Gasteiger partial charge in [0.2, 0.25) is 5.90 Å². The molecule has 0 N–H and O–H groups in total. The Morgan fingerprint density at radius 3 is 2.55 bits per heavy atom. The molecule has 0 amide bonds. The molecule has 4 rings (SSSR count). The molecule has 8 heteroatoms. The monoisotopic (exact) mass is 557 g/mol. The lowest BCUT2D eigenvalue weighted by atomic mass is 10.1. The van der Waals surface area contributed by atoms with E-state index in [4.69, 9.17) is 14.2 Å². The van der Waals surface area contributed by atoms with Crippen molar-refractivity contribution in [2.45, 2.75) is 6.92 Å². The SMILES string of the molecule is CCOc1cc(/C=C2\N=C(c3ccc(F)cc3)OC2=O)cc(I)c1OC(=O)c1ccccc1. The van der Waals surface area contributed by atoms with Crippen molar-refractivity contribution < 1.29 is 28.2 Å². The second-order valence-corrected chi connectivity index (χ2v) is 8.02. The van der Waals surface area contributed by atoms with E-state index in [-0.39, 0.29) is 17.3 Å². The third-order valence-electron chi connectivity index (χ3n) is 4.55. The van der Waals surface area contributed by atoms with Crippen LogP contribution in [0.15, 0.2) is 77.4 Å². The van der Waals surface area contributed by atoms with Crippen molar-refractivity contribution in [1.29, 1.82) is 0 Å². The molecule has 0 atom stereocenters. The minimum Gasteiger partial charge on any atom is -0.490 e. The van der Waals surface area contributed by atoms with Gasteiger partial charge in [-0.3, -0.25) is 0 Å². The summed E-state index contributed by atoms with van der Waals surface area (Å²) >= 11 is 2.04. The van der Waals surface area contributed by atoms with Crippen LogP contribution in [0.25, 0.3) is 6.08 Å². The average molecular weight is 557 g/mol. The first-order valence-electron chi connectivity index (χ1n) is 9.96.